The number of hydrogen-bond donors (Lipinski definition) is 1. The molecule has 0 amide bonds. The average Bonchev–Trinajstić information content (AvgIpc) is 2.23. The summed E-state index contributed by atoms with van der Waals surface area (Å²) in [6.07, 6.45) is 1.11. The first kappa shape index (κ1) is 13.3. The van der Waals surface area contributed by atoms with Gasteiger partial charge in [0.25, 0.3) is 0 Å². The van der Waals surface area contributed by atoms with Gasteiger partial charge >= 0.3 is 0 Å². The van der Waals surface area contributed by atoms with Crippen molar-refractivity contribution < 1.29 is 0 Å². The van der Waals surface area contributed by atoms with Crippen LogP contribution in [0.15, 0.2) is 6.07 Å². The number of anilines is 1. The average molecular weight is 239 g/mol. The van der Waals surface area contributed by atoms with E-state index in [-0.39, 0.29) is 0 Å². The summed E-state index contributed by atoms with van der Waals surface area (Å²) < 4.78 is 0. The van der Waals surface area contributed by atoms with E-state index in [4.69, 9.17) is 0 Å². The van der Waals surface area contributed by atoms with E-state index in [0.717, 1.165) is 36.1 Å². The molecule has 1 aromatic heterocycles. The molecule has 0 aliphatic carbocycles. The van der Waals surface area contributed by atoms with Crippen LogP contribution in [0.25, 0.3) is 0 Å². The van der Waals surface area contributed by atoms with Gasteiger partial charge in [-0.05, 0) is 18.6 Å². The first-order valence-corrected chi connectivity index (χ1v) is 6.86. The van der Waals surface area contributed by atoms with Gasteiger partial charge in [0, 0.05) is 18.3 Å². The fraction of sp³-hybridized carbons (Fsp3) is 0.667. The van der Waals surface area contributed by atoms with Gasteiger partial charge in [-0.15, -0.1) is 0 Å². The van der Waals surface area contributed by atoms with Crippen LogP contribution in [0.1, 0.15) is 38.7 Å². The highest BCUT2D eigenvalue weighted by Gasteiger charge is 2.03. The van der Waals surface area contributed by atoms with Crippen molar-refractivity contribution in [3.8, 4) is 0 Å². The van der Waals surface area contributed by atoms with Gasteiger partial charge in [0.1, 0.15) is 11.6 Å². The van der Waals surface area contributed by atoms with Crippen molar-refractivity contribution in [2.45, 2.75) is 45.1 Å². The molecule has 0 aromatic carbocycles. The summed E-state index contributed by atoms with van der Waals surface area (Å²) in [4.78, 5) is 8.94. The van der Waals surface area contributed by atoms with Gasteiger partial charge in [0.05, 0.1) is 5.75 Å². The molecule has 0 saturated heterocycles. The van der Waals surface area contributed by atoms with Crippen LogP contribution in [0.2, 0.25) is 0 Å². The van der Waals surface area contributed by atoms with Crippen LogP contribution in [-0.2, 0) is 5.75 Å². The minimum atomic E-state index is 0.621. The Morgan fingerprint density at radius 1 is 1.38 bits per heavy atom. The largest absolute Gasteiger partial charge is 0.370 e. The van der Waals surface area contributed by atoms with E-state index in [0.29, 0.717) is 5.25 Å². The van der Waals surface area contributed by atoms with Crippen LogP contribution in [0.4, 0.5) is 5.82 Å². The van der Waals surface area contributed by atoms with E-state index in [1.54, 1.807) is 0 Å². The summed E-state index contributed by atoms with van der Waals surface area (Å²) in [5, 5.41) is 3.92. The van der Waals surface area contributed by atoms with E-state index in [2.05, 4.69) is 36.1 Å². The fourth-order valence-electron chi connectivity index (χ4n) is 1.28. The Kier molecular flexibility index (Phi) is 5.60. The highest BCUT2D eigenvalue weighted by atomic mass is 32.2. The van der Waals surface area contributed by atoms with Crippen molar-refractivity contribution in [3.05, 3.63) is 17.6 Å². The molecule has 0 unspecified atom stereocenters. The number of hydrogen-bond acceptors (Lipinski definition) is 4. The second-order valence-electron chi connectivity index (χ2n) is 4.10. The third-order valence-corrected chi connectivity index (χ3v) is 3.09. The zero-order chi connectivity index (χ0) is 12.0. The monoisotopic (exact) mass is 239 g/mol. The highest BCUT2D eigenvalue weighted by Crippen LogP contribution is 2.16. The fourth-order valence-corrected chi connectivity index (χ4v) is 1.89. The minimum absolute atomic E-state index is 0.621. The van der Waals surface area contributed by atoms with Gasteiger partial charge in [-0.1, -0.05) is 20.8 Å². The van der Waals surface area contributed by atoms with Crippen LogP contribution in [0.5, 0.6) is 0 Å². The van der Waals surface area contributed by atoms with Crippen LogP contribution in [0.3, 0.4) is 0 Å². The van der Waals surface area contributed by atoms with Crippen LogP contribution < -0.4 is 5.32 Å². The molecule has 16 heavy (non-hydrogen) atoms. The van der Waals surface area contributed by atoms with Crippen molar-refractivity contribution >= 4 is 17.6 Å². The van der Waals surface area contributed by atoms with Crippen molar-refractivity contribution in [1.29, 1.82) is 0 Å². The molecule has 1 aromatic rings. The molecule has 3 nitrogen and oxygen atoms in total. The van der Waals surface area contributed by atoms with Crippen molar-refractivity contribution in [3.63, 3.8) is 0 Å². The van der Waals surface area contributed by atoms with Crippen molar-refractivity contribution in [2.24, 2.45) is 0 Å². The SMILES string of the molecule is CCCNc1cc(C)nc(CSC(C)C)n1. The molecule has 0 radical (unpaired) electrons. The lowest BCUT2D eigenvalue weighted by Gasteiger charge is -2.08. The maximum atomic E-state index is 4.50. The second kappa shape index (κ2) is 6.74. The third-order valence-electron chi connectivity index (χ3n) is 2.00. The molecular weight excluding hydrogens is 218 g/mol. The standard InChI is InChI=1S/C12H21N3S/c1-5-6-13-11-7-10(4)14-12(15-11)8-16-9(2)3/h7,9H,5-6,8H2,1-4H3,(H,13,14,15). The molecule has 1 heterocycles. The molecule has 90 valence electrons. The molecule has 1 rings (SSSR count). The zero-order valence-electron chi connectivity index (χ0n) is 10.6. The maximum Gasteiger partial charge on any atom is 0.140 e. The molecular formula is C12H21N3S. The van der Waals surface area contributed by atoms with Crippen LogP contribution in [-0.4, -0.2) is 21.8 Å². The van der Waals surface area contributed by atoms with Gasteiger partial charge in [-0.25, -0.2) is 9.97 Å². The first-order chi connectivity index (χ1) is 7.61. The van der Waals surface area contributed by atoms with Gasteiger partial charge in [0.15, 0.2) is 0 Å². The topological polar surface area (TPSA) is 37.8 Å². The highest BCUT2D eigenvalue weighted by molar-refractivity contribution is 7.99. The molecule has 0 bridgehead atoms. The lowest BCUT2D eigenvalue weighted by atomic mass is 10.4. The number of rotatable bonds is 6. The number of aromatic nitrogens is 2. The predicted octanol–water partition coefficient (Wildman–Crippen LogP) is 3.25. The number of thioether (sulfide) groups is 1. The molecule has 0 aliphatic rings. The van der Waals surface area contributed by atoms with Crippen LogP contribution in [0, 0.1) is 6.92 Å². The molecule has 1 N–H and O–H groups in total. The number of aryl methyl sites for hydroxylation is 1. The van der Waals surface area contributed by atoms with E-state index >= 15 is 0 Å². The quantitative estimate of drug-likeness (QED) is 0.827. The van der Waals surface area contributed by atoms with Crippen molar-refractivity contribution in [1.82, 2.24) is 9.97 Å². The summed E-state index contributed by atoms with van der Waals surface area (Å²) in [5.74, 6) is 2.77. The Morgan fingerprint density at radius 2 is 2.12 bits per heavy atom. The van der Waals surface area contributed by atoms with Gasteiger partial charge < -0.3 is 5.32 Å². The molecule has 0 atom stereocenters. The molecule has 0 fully saturated rings. The molecule has 4 heteroatoms. The summed E-state index contributed by atoms with van der Waals surface area (Å²) in [7, 11) is 0. The van der Waals surface area contributed by atoms with Crippen LogP contribution >= 0.6 is 11.8 Å². The van der Waals surface area contributed by atoms with E-state index in [1.807, 2.05) is 24.8 Å². The summed E-state index contributed by atoms with van der Waals surface area (Å²) in [6.45, 7) is 9.51. The molecule has 0 spiro atoms. The second-order valence-corrected chi connectivity index (χ2v) is 5.66. The Hall–Kier alpha value is -0.770. The third kappa shape index (κ3) is 4.84. The Balaban J connectivity index is 2.65. The normalized spacial score (nSPS) is 10.8. The zero-order valence-corrected chi connectivity index (χ0v) is 11.4. The summed E-state index contributed by atoms with van der Waals surface area (Å²) >= 11 is 1.87. The van der Waals surface area contributed by atoms with Gasteiger partial charge in [0.2, 0.25) is 0 Å². The smallest absolute Gasteiger partial charge is 0.140 e. The Morgan fingerprint density at radius 3 is 2.75 bits per heavy atom. The number of nitrogens with one attached hydrogen (secondary N) is 1. The van der Waals surface area contributed by atoms with E-state index < -0.39 is 0 Å². The Bertz CT molecular complexity index is 326. The lowest BCUT2D eigenvalue weighted by molar-refractivity contribution is 0.939. The summed E-state index contributed by atoms with van der Waals surface area (Å²) in [6, 6.07) is 2.00. The molecule has 0 saturated carbocycles. The number of nitrogens with zero attached hydrogens (tertiary/aromatic N) is 2. The van der Waals surface area contributed by atoms with E-state index in [1.165, 1.54) is 0 Å². The Labute approximate surface area is 102 Å². The minimum Gasteiger partial charge on any atom is -0.370 e. The predicted molar refractivity (Wildman–Crippen MR) is 72.0 cm³/mol. The maximum absolute atomic E-state index is 4.50. The van der Waals surface area contributed by atoms with Crippen molar-refractivity contribution in [2.75, 3.05) is 11.9 Å². The van der Waals surface area contributed by atoms with Gasteiger partial charge in [-0.3, -0.25) is 0 Å². The first-order valence-electron chi connectivity index (χ1n) is 5.82. The van der Waals surface area contributed by atoms with Gasteiger partial charge in [-0.2, -0.15) is 11.8 Å². The van der Waals surface area contributed by atoms with E-state index in [9.17, 15) is 0 Å². The molecule has 0 aliphatic heterocycles. The lowest BCUT2D eigenvalue weighted by Crippen LogP contribution is -2.06. The summed E-state index contributed by atoms with van der Waals surface area (Å²) in [5.41, 5.74) is 1.04.